The van der Waals surface area contributed by atoms with Crippen LogP contribution < -0.4 is 5.32 Å². The van der Waals surface area contributed by atoms with Crippen LogP contribution in [-0.2, 0) is 11.2 Å². The predicted octanol–water partition coefficient (Wildman–Crippen LogP) is 1.66. The maximum atomic E-state index is 10.7. The van der Waals surface area contributed by atoms with Gasteiger partial charge >= 0.3 is 0 Å². The number of rotatable bonds is 4. The van der Waals surface area contributed by atoms with Gasteiger partial charge in [0.2, 0.25) is 5.91 Å². The normalized spacial score (nSPS) is 12.1. The first-order valence-electron chi connectivity index (χ1n) is 4.65. The molecule has 76 valence electrons. The fourth-order valence-corrected chi connectivity index (χ4v) is 1.52. The summed E-state index contributed by atoms with van der Waals surface area (Å²) < 4.78 is 0. The average molecular weight is 209 g/mol. The van der Waals surface area contributed by atoms with Crippen molar-refractivity contribution >= 4 is 18.5 Å². The third kappa shape index (κ3) is 4.33. The molecule has 0 spiro atoms. The van der Waals surface area contributed by atoms with Gasteiger partial charge in [-0.25, -0.2) is 0 Å². The van der Waals surface area contributed by atoms with Crippen LogP contribution in [-0.4, -0.2) is 17.7 Å². The first kappa shape index (κ1) is 11.1. The number of hydrogen-bond donors (Lipinski definition) is 2. The van der Waals surface area contributed by atoms with Crippen molar-refractivity contribution in [3.63, 3.8) is 0 Å². The zero-order valence-corrected chi connectivity index (χ0v) is 9.13. The van der Waals surface area contributed by atoms with E-state index < -0.39 is 0 Å². The standard InChI is InChI=1S/C11H15NOS/c1-9(13)12-8-11(14)7-10-5-3-2-4-6-10/h2-6,11,14H,7-8H2,1H3,(H,12,13). The lowest BCUT2D eigenvalue weighted by atomic mass is 10.1. The quantitative estimate of drug-likeness (QED) is 0.726. The van der Waals surface area contributed by atoms with Crippen LogP contribution in [0.1, 0.15) is 12.5 Å². The second kappa shape index (κ2) is 5.70. The Kier molecular flexibility index (Phi) is 4.53. The minimum atomic E-state index is -0.00267. The molecule has 1 rings (SSSR count). The SMILES string of the molecule is CC(=O)NCC(S)Cc1ccccc1. The number of amides is 1. The topological polar surface area (TPSA) is 29.1 Å². The van der Waals surface area contributed by atoms with Gasteiger partial charge in [-0.05, 0) is 12.0 Å². The maximum Gasteiger partial charge on any atom is 0.216 e. The highest BCUT2D eigenvalue weighted by Gasteiger charge is 2.04. The molecule has 0 aliphatic rings. The maximum absolute atomic E-state index is 10.7. The van der Waals surface area contributed by atoms with Crippen molar-refractivity contribution in [1.82, 2.24) is 5.32 Å². The van der Waals surface area contributed by atoms with E-state index >= 15 is 0 Å². The van der Waals surface area contributed by atoms with E-state index in [4.69, 9.17) is 0 Å². The van der Waals surface area contributed by atoms with Crippen LogP contribution in [0.3, 0.4) is 0 Å². The summed E-state index contributed by atoms with van der Waals surface area (Å²) in [4.78, 5) is 10.7. The number of nitrogens with one attached hydrogen (secondary N) is 1. The van der Waals surface area contributed by atoms with Gasteiger partial charge in [0, 0.05) is 18.7 Å². The third-order valence-corrected chi connectivity index (χ3v) is 2.27. The van der Waals surface area contributed by atoms with E-state index in [0.29, 0.717) is 6.54 Å². The van der Waals surface area contributed by atoms with E-state index in [1.807, 2.05) is 18.2 Å². The molecule has 0 aromatic heterocycles. The number of hydrogen-bond acceptors (Lipinski definition) is 2. The van der Waals surface area contributed by atoms with Crippen molar-refractivity contribution in [2.45, 2.75) is 18.6 Å². The molecule has 0 aliphatic carbocycles. The molecule has 1 aromatic carbocycles. The second-order valence-electron chi connectivity index (χ2n) is 3.28. The minimum Gasteiger partial charge on any atom is -0.355 e. The van der Waals surface area contributed by atoms with E-state index in [-0.39, 0.29) is 11.2 Å². The van der Waals surface area contributed by atoms with Crippen molar-refractivity contribution in [3.8, 4) is 0 Å². The summed E-state index contributed by atoms with van der Waals surface area (Å²) in [5, 5.41) is 2.93. The number of benzene rings is 1. The number of carbonyl (C=O) groups excluding carboxylic acids is 1. The van der Waals surface area contributed by atoms with E-state index in [9.17, 15) is 4.79 Å². The first-order valence-corrected chi connectivity index (χ1v) is 5.16. The molecule has 0 aliphatic heterocycles. The zero-order valence-electron chi connectivity index (χ0n) is 8.23. The molecule has 3 heteroatoms. The van der Waals surface area contributed by atoms with Gasteiger partial charge in [-0.1, -0.05) is 30.3 Å². The van der Waals surface area contributed by atoms with Gasteiger partial charge in [0.15, 0.2) is 0 Å². The van der Waals surface area contributed by atoms with Gasteiger partial charge in [0.05, 0.1) is 0 Å². The minimum absolute atomic E-state index is 0.00267. The lowest BCUT2D eigenvalue weighted by Gasteiger charge is -2.10. The van der Waals surface area contributed by atoms with Gasteiger partial charge in [-0.2, -0.15) is 12.6 Å². The molecule has 14 heavy (non-hydrogen) atoms. The van der Waals surface area contributed by atoms with Gasteiger partial charge in [0.25, 0.3) is 0 Å². The highest BCUT2D eigenvalue weighted by Crippen LogP contribution is 2.06. The van der Waals surface area contributed by atoms with Crippen molar-refractivity contribution in [1.29, 1.82) is 0 Å². The van der Waals surface area contributed by atoms with Gasteiger partial charge < -0.3 is 5.32 Å². The molecule has 0 fully saturated rings. The summed E-state index contributed by atoms with van der Waals surface area (Å²) in [5.74, 6) is -0.00267. The fraction of sp³-hybridized carbons (Fsp3) is 0.364. The van der Waals surface area contributed by atoms with Crippen LogP contribution in [0.4, 0.5) is 0 Å². The molecule has 1 amide bonds. The molecule has 0 saturated carbocycles. The third-order valence-electron chi connectivity index (χ3n) is 1.90. The van der Waals surface area contributed by atoms with Crippen molar-refractivity contribution in [2.75, 3.05) is 6.54 Å². The summed E-state index contributed by atoms with van der Waals surface area (Å²) in [6, 6.07) is 10.1. The molecule has 1 aromatic rings. The Bertz CT molecular complexity index is 287. The molecule has 1 N–H and O–H groups in total. The lowest BCUT2D eigenvalue weighted by molar-refractivity contribution is -0.118. The second-order valence-corrected chi connectivity index (χ2v) is 4.01. The molecular weight excluding hydrogens is 194 g/mol. The fourth-order valence-electron chi connectivity index (χ4n) is 1.22. The highest BCUT2D eigenvalue weighted by atomic mass is 32.1. The summed E-state index contributed by atoms with van der Waals surface area (Å²) in [7, 11) is 0. The van der Waals surface area contributed by atoms with Crippen LogP contribution in [0.5, 0.6) is 0 Å². The summed E-state index contributed by atoms with van der Waals surface area (Å²) in [6.07, 6.45) is 0.879. The smallest absolute Gasteiger partial charge is 0.216 e. The molecule has 1 atom stereocenters. The van der Waals surface area contributed by atoms with Crippen LogP contribution in [0.15, 0.2) is 30.3 Å². The van der Waals surface area contributed by atoms with E-state index in [2.05, 4.69) is 30.1 Å². The number of thiol groups is 1. The van der Waals surface area contributed by atoms with E-state index in [0.717, 1.165) is 6.42 Å². The van der Waals surface area contributed by atoms with Crippen LogP contribution in [0.2, 0.25) is 0 Å². The summed E-state index contributed by atoms with van der Waals surface area (Å²) in [6.45, 7) is 2.14. The van der Waals surface area contributed by atoms with Crippen molar-refractivity contribution < 1.29 is 4.79 Å². The van der Waals surface area contributed by atoms with E-state index in [1.165, 1.54) is 12.5 Å². The Morgan fingerprint density at radius 3 is 2.64 bits per heavy atom. The Morgan fingerprint density at radius 2 is 2.07 bits per heavy atom. The van der Waals surface area contributed by atoms with Gasteiger partial charge in [-0.15, -0.1) is 0 Å². The lowest BCUT2D eigenvalue weighted by Crippen LogP contribution is -2.28. The summed E-state index contributed by atoms with van der Waals surface area (Å²) in [5.41, 5.74) is 1.25. The highest BCUT2D eigenvalue weighted by molar-refractivity contribution is 7.81. The molecule has 2 nitrogen and oxygen atoms in total. The molecule has 0 saturated heterocycles. The van der Waals surface area contributed by atoms with Gasteiger partial charge in [-0.3, -0.25) is 4.79 Å². The first-order chi connectivity index (χ1) is 6.68. The molecule has 0 heterocycles. The Labute approximate surface area is 90.1 Å². The van der Waals surface area contributed by atoms with Crippen molar-refractivity contribution in [3.05, 3.63) is 35.9 Å². The molecule has 0 radical (unpaired) electrons. The average Bonchev–Trinajstić information content (AvgIpc) is 2.16. The zero-order chi connectivity index (χ0) is 10.4. The van der Waals surface area contributed by atoms with Gasteiger partial charge in [0.1, 0.15) is 0 Å². The van der Waals surface area contributed by atoms with Crippen molar-refractivity contribution in [2.24, 2.45) is 0 Å². The van der Waals surface area contributed by atoms with Crippen LogP contribution in [0, 0.1) is 0 Å². The Morgan fingerprint density at radius 1 is 1.43 bits per heavy atom. The monoisotopic (exact) mass is 209 g/mol. The molecule has 1 unspecified atom stereocenters. The largest absolute Gasteiger partial charge is 0.355 e. The van der Waals surface area contributed by atoms with Crippen LogP contribution >= 0.6 is 12.6 Å². The van der Waals surface area contributed by atoms with Crippen LogP contribution in [0.25, 0.3) is 0 Å². The Hall–Kier alpha value is -0.960. The number of carbonyl (C=O) groups is 1. The summed E-state index contributed by atoms with van der Waals surface area (Å²) >= 11 is 4.40. The molecule has 0 bridgehead atoms. The Balaban J connectivity index is 2.34. The molecular formula is C11H15NOS. The van der Waals surface area contributed by atoms with E-state index in [1.54, 1.807) is 0 Å². The predicted molar refractivity (Wildman–Crippen MR) is 61.6 cm³/mol.